The molecule has 13 rings (SSSR count). The van der Waals surface area contributed by atoms with E-state index in [4.69, 9.17) is 4.42 Å². The molecule has 0 unspecified atom stereocenters. The molecular weight excluding hydrogens is 775 g/mol. The Balaban J connectivity index is 1.10. The van der Waals surface area contributed by atoms with Gasteiger partial charge in [0.05, 0.1) is 16.8 Å². The highest BCUT2D eigenvalue weighted by Crippen LogP contribution is 2.59. The second-order valence-corrected chi connectivity index (χ2v) is 18.0. The van der Waals surface area contributed by atoms with Gasteiger partial charge in [-0.25, -0.2) is 0 Å². The van der Waals surface area contributed by atoms with Crippen LogP contribution in [-0.2, 0) is 10.8 Å². The zero-order valence-electron chi connectivity index (χ0n) is 35.7. The lowest BCUT2D eigenvalue weighted by Gasteiger charge is -2.35. The molecule has 0 aliphatic heterocycles. The van der Waals surface area contributed by atoms with Crippen molar-refractivity contribution in [2.24, 2.45) is 0 Å². The summed E-state index contributed by atoms with van der Waals surface area (Å²) in [6.45, 7) is 4.74. The summed E-state index contributed by atoms with van der Waals surface area (Å²) in [7, 11) is 0. The molecule has 0 spiro atoms. The van der Waals surface area contributed by atoms with Gasteiger partial charge in [0.25, 0.3) is 0 Å². The molecule has 0 radical (unpaired) electrons. The first-order valence-electron chi connectivity index (χ1n) is 22.3. The van der Waals surface area contributed by atoms with Crippen LogP contribution in [0.4, 0.5) is 17.1 Å². The summed E-state index contributed by atoms with van der Waals surface area (Å²) >= 11 is 0. The van der Waals surface area contributed by atoms with Crippen LogP contribution in [0.5, 0.6) is 0 Å². The maximum atomic E-state index is 6.52. The van der Waals surface area contributed by atoms with E-state index in [0.29, 0.717) is 0 Å². The molecule has 0 amide bonds. The standard InChI is InChI=1S/C62H43NO/c1-61(2)52-27-14-12-26-49(52)60-54(61)29-17-31-57(60)63(56-30-16-13-24-46(56)42-32-35-58-50(37-42)51-36-40-18-9-10-19-41(40)38-59(51)64-58)45-33-34-48-47-25-11-15-28-53(47)62(55(48)39-45,43-20-5-3-6-21-43)44-22-7-4-8-23-44/h3-39H,1-2H3. The van der Waals surface area contributed by atoms with Gasteiger partial charge < -0.3 is 9.32 Å². The van der Waals surface area contributed by atoms with Crippen LogP contribution in [0, 0.1) is 0 Å². The van der Waals surface area contributed by atoms with Crippen LogP contribution in [0.2, 0.25) is 0 Å². The summed E-state index contributed by atoms with van der Waals surface area (Å²) in [5, 5.41) is 4.62. The van der Waals surface area contributed by atoms with Gasteiger partial charge in [-0.15, -0.1) is 0 Å². The molecule has 0 fully saturated rings. The average Bonchev–Trinajstić information content (AvgIpc) is 3.94. The molecule has 0 saturated heterocycles. The molecule has 1 heterocycles. The Morgan fingerprint density at radius 2 is 0.953 bits per heavy atom. The summed E-state index contributed by atoms with van der Waals surface area (Å²) in [6, 6.07) is 83.0. The van der Waals surface area contributed by atoms with Gasteiger partial charge in [-0.2, -0.15) is 0 Å². The van der Waals surface area contributed by atoms with Gasteiger partial charge in [-0.1, -0.05) is 190 Å². The number of rotatable bonds is 6. The van der Waals surface area contributed by atoms with Gasteiger partial charge in [0, 0.05) is 33.0 Å². The molecular formula is C62H43NO. The number of hydrogen-bond donors (Lipinski definition) is 0. The van der Waals surface area contributed by atoms with Crippen LogP contribution < -0.4 is 4.90 Å². The smallest absolute Gasteiger partial charge is 0.136 e. The molecule has 2 aliphatic rings. The lowest BCUT2D eigenvalue weighted by Crippen LogP contribution is -2.28. The zero-order valence-corrected chi connectivity index (χ0v) is 35.7. The summed E-state index contributed by atoms with van der Waals surface area (Å²) in [5.41, 5.74) is 19.6. The van der Waals surface area contributed by atoms with E-state index in [1.807, 2.05) is 0 Å². The van der Waals surface area contributed by atoms with Crippen LogP contribution in [0.1, 0.15) is 47.2 Å². The molecule has 2 heteroatoms. The maximum absolute atomic E-state index is 6.52. The molecule has 0 N–H and O–H groups in total. The zero-order chi connectivity index (χ0) is 42.6. The molecule has 0 saturated carbocycles. The van der Waals surface area contributed by atoms with Crippen molar-refractivity contribution in [1.29, 1.82) is 0 Å². The summed E-state index contributed by atoms with van der Waals surface area (Å²) in [4.78, 5) is 2.54. The van der Waals surface area contributed by atoms with E-state index >= 15 is 0 Å². The Morgan fingerprint density at radius 1 is 0.375 bits per heavy atom. The van der Waals surface area contributed by atoms with Gasteiger partial charge in [0.1, 0.15) is 11.2 Å². The van der Waals surface area contributed by atoms with Crippen molar-refractivity contribution in [2.75, 3.05) is 4.90 Å². The van der Waals surface area contributed by atoms with Crippen molar-refractivity contribution >= 4 is 49.8 Å². The fraction of sp³-hybridized carbons (Fsp3) is 0.0645. The maximum Gasteiger partial charge on any atom is 0.136 e. The van der Waals surface area contributed by atoms with Crippen molar-refractivity contribution in [2.45, 2.75) is 24.7 Å². The minimum absolute atomic E-state index is 0.167. The third-order valence-electron chi connectivity index (χ3n) is 14.3. The fourth-order valence-electron chi connectivity index (χ4n) is 11.4. The summed E-state index contributed by atoms with van der Waals surface area (Å²) < 4.78 is 6.52. The molecule has 2 aliphatic carbocycles. The molecule has 302 valence electrons. The Labute approximate surface area is 373 Å². The van der Waals surface area contributed by atoms with Crippen LogP contribution in [-0.4, -0.2) is 0 Å². The average molecular weight is 818 g/mol. The third-order valence-corrected chi connectivity index (χ3v) is 14.3. The number of para-hydroxylation sites is 1. The number of anilines is 3. The highest BCUT2D eigenvalue weighted by atomic mass is 16.3. The topological polar surface area (TPSA) is 16.4 Å². The first-order valence-corrected chi connectivity index (χ1v) is 22.3. The largest absolute Gasteiger partial charge is 0.456 e. The van der Waals surface area contributed by atoms with Crippen LogP contribution >= 0.6 is 0 Å². The van der Waals surface area contributed by atoms with E-state index in [1.54, 1.807) is 0 Å². The molecule has 1 aromatic heterocycles. The highest BCUT2D eigenvalue weighted by molar-refractivity contribution is 6.11. The number of benzene rings is 10. The molecule has 0 bridgehead atoms. The van der Waals surface area contributed by atoms with E-state index in [1.165, 1.54) is 66.4 Å². The first-order chi connectivity index (χ1) is 31.5. The Kier molecular flexibility index (Phi) is 7.90. The minimum atomic E-state index is -0.541. The molecule has 2 nitrogen and oxygen atoms in total. The van der Waals surface area contributed by atoms with Crippen molar-refractivity contribution in [1.82, 2.24) is 0 Å². The Hall–Kier alpha value is -7.94. The van der Waals surface area contributed by atoms with Crippen LogP contribution in [0.25, 0.3) is 66.1 Å². The first kappa shape index (κ1) is 36.7. The second kappa shape index (κ2) is 13.8. The van der Waals surface area contributed by atoms with Crippen molar-refractivity contribution in [3.8, 4) is 33.4 Å². The Morgan fingerprint density at radius 3 is 1.72 bits per heavy atom. The SMILES string of the molecule is CC1(C)c2ccccc2-c2c(N(c3ccc4c(c3)C(c3ccccc3)(c3ccccc3)c3ccccc3-4)c3ccccc3-c3ccc4oc5cc6ccccc6cc5c4c3)cccc21. The second-order valence-electron chi connectivity index (χ2n) is 18.0. The predicted octanol–water partition coefficient (Wildman–Crippen LogP) is 16.5. The molecule has 0 atom stereocenters. The Bertz CT molecular complexity index is 3610. The molecule has 64 heavy (non-hydrogen) atoms. The number of nitrogens with zero attached hydrogens (tertiary/aromatic N) is 1. The van der Waals surface area contributed by atoms with E-state index in [2.05, 4.69) is 243 Å². The van der Waals surface area contributed by atoms with Gasteiger partial charge >= 0.3 is 0 Å². The normalized spacial score (nSPS) is 14.0. The van der Waals surface area contributed by atoms with Gasteiger partial charge in [0.15, 0.2) is 0 Å². The van der Waals surface area contributed by atoms with E-state index in [-0.39, 0.29) is 5.41 Å². The minimum Gasteiger partial charge on any atom is -0.456 e. The van der Waals surface area contributed by atoms with E-state index in [9.17, 15) is 0 Å². The van der Waals surface area contributed by atoms with Crippen molar-refractivity contribution in [3.63, 3.8) is 0 Å². The number of furan rings is 1. The lowest BCUT2D eigenvalue weighted by molar-refractivity contribution is 0.660. The fourth-order valence-corrected chi connectivity index (χ4v) is 11.4. The summed E-state index contributed by atoms with van der Waals surface area (Å²) in [5.74, 6) is 0. The highest BCUT2D eigenvalue weighted by Gasteiger charge is 2.46. The van der Waals surface area contributed by atoms with Crippen LogP contribution in [0.3, 0.4) is 0 Å². The van der Waals surface area contributed by atoms with Gasteiger partial charge in [-0.3, -0.25) is 0 Å². The quantitative estimate of drug-likeness (QED) is 0.166. The van der Waals surface area contributed by atoms with Crippen LogP contribution in [0.15, 0.2) is 229 Å². The summed E-state index contributed by atoms with van der Waals surface area (Å²) in [6.07, 6.45) is 0. The lowest BCUT2D eigenvalue weighted by atomic mass is 9.67. The molecule has 11 aromatic rings. The van der Waals surface area contributed by atoms with Gasteiger partial charge in [0.2, 0.25) is 0 Å². The van der Waals surface area contributed by atoms with Crippen molar-refractivity contribution < 1.29 is 4.42 Å². The number of fused-ring (bicyclic) bond motifs is 10. The predicted molar refractivity (Wildman–Crippen MR) is 266 cm³/mol. The van der Waals surface area contributed by atoms with E-state index < -0.39 is 5.41 Å². The van der Waals surface area contributed by atoms with Gasteiger partial charge in [-0.05, 0) is 115 Å². The van der Waals surface area contributed by atoms with Crippen molar-refractivity contribution in [3.05, 3.63) is 258 Å². The monoisotopic (exact) mass is 817 g/mol. The number of hydrogen-bond acceptors (Lipinski definition) is 2. The third kappa shape index (κ3) is 5.14. The van der Waals surface area contributed by atoms with E-state index in [0.717, 1.165) is 50.1 Å². The molecule has 10 aromatic carbocycles.